The van der Waals surface area contributed by atoms with Crippen LogP contribution in [0.5, 0.6) is 0 Å². The molecule has 16 heavy (non-hydrogen) atoms. The third-order valence-electron chi connectivity index (χ3n) is 2.36. The van der Waals surface area contributed by atoms with E-state index in [-0.39, 0.29) is 12.5 Å². The SMILES string of the molecule is CCN(CC)C(=O)CN(C)C(=O)C(C)(C)O. The van der Waals surface area contributed by atoms with Gasteiger partial charge in [-0.05, 0) is 27.7 Å². The lowest BCUT2D eigenvalue weighted by molar-refractivity contribution is -0.150. The summed E-state index contributed by atoms with van der Waals surface area (Å²) in [5, 5.41) is 9.51. The Morgan fingerprint density at radius 1 is 1.19 bits per heavy atom. The van der Waals surface area contributed by atoms with E-state index in [1.165, 1.54) is 25.8 Å². The minimum Gasteiger partial charge on any atom is -0.381 e. The van der Waals surface area contributed by atoms with Gasteiger partial charge in [-0.2, -0.15) is 0 Å². The molecule has 0 aliphatic heterocycles. The molecule has 5 nitrogen and oxygen atoms in total. The van der Waals surface area contributed by atoms with Crippen LogP contribution in [-0.4, -0.2) is 59.0 Å². The Labute approximate surface area is 97.0 Å². The van der Waals surface area contributed by atoms with Gasteiger partial charge in [0.2, 0.25) is 5.91 Å². The van der Waals surface area contributed by atoms with Gasteiger partial charge in [0, 0.05) is 20.1 Å². The first-order valence-electron chi connectivity index (χ1n) is 5.49. The van der Waals surface area contributed by atoms with Crippen molar-refractivity contribution in [3.63, 3.8) is 0 Å². The number of carbonyl (C=O) groups is 2. The lowest BCUT2D eigenvalue weighted by Crippen LogP contribution is -2.47. The van der Waals surface area contributed by atoms with E-state index in [1.54, 1.807) is 4.90 Å². The Hall–Kier alpha value is -1.10. The first-order valence-corrected chi connectivity index (χ1v) is 5.49. The molecule has 0 rings (SSSR count). The van der Waals surface area contributed by atoms with Gasteiger partial charge < -0.3 is 14.9 Å². The van der Waals surface area contributed by atoms with E-state index < -0.39 is 11.5 Å². The second-order valence-electron chi connectivity index (χ2n) is 4.29. The molecule has 5 heteroatoms. The Morgan fingerprint density at radius 2 is 1.62 bits per heavy atom. The third-order valence-corrected chi connectivity index (χ3v) is 2.36. The number of hydrogen-bond donors (Lipinski definition) is 1. The summed E-state index contributed by atoms with van der Waals surface area (Å²) in [4.78, 5) is 26.2. The van der Waals surface area contributed by atoms with Crippen LogP contribution >= 0.6 is 0 Å². The van der Waals surface area contributed by atoms with E-state index in [1.807, 2.05) is 13.8 Å². The molecule has 1 N–H and O–H groups in total. The van der Waals surface area contributed by atoms with Crippen molar-refractivity contribution in [1.82, 2.24) is 9.80 Å². The molecule has 0 bridgehead atoms. The molecule has 0 fully saturated rings. The van der Waals surface area contributed by atoms with E-state index in [2.05, 4.69) is 0 Å². The van der Waals surface area contributed by atoms with Crippen molar-refractivity contribution in [2.24, 2.45) is 0 Å². The fourth-order valence-electron chi connectivity index (χ4n) is 1.42. The monoisotopic (exact) mass is 230 g/mol. The van der Waals surface area contributed by atoms with E-state index in [0.717, 1.165) is 0 Å². The number of carbonyl (C=O) groups excluding carboxylic acids is 2. The van der Waals surface area contributed by atoms with E-state index >= 15 is 0 Å². The number of nitrogens with zero attached hydrogens (tertiary/aromatic N) is 2. The maximum absolute atomic E-state index is 11.7. The van der Waals surface area contributed by atoms with Gasteiger partial charge in [-0.25, -0.2) is 0 Å². The van der Waals surface area contributed by atoms with Gasteiger partial charge in [0.25, 0.3) is 5.91 Å². The molecule has 0 aliphatic carbocycles. The standard InChI is InChI=1S/C11H22N2O3/c1-6-13(7-2)9(14)8-12(5)10(15)11(3,4)16/h16H,6-8H2,1-5H3. The molecule has 0 aromatic carbocycles. The number of rotatable bonds is 5. The summed E-state index contributed by atoms with van der Waals surface area (Å²) in [5.41, 5.74) is -1.43. The largest absolute Gasteiger partial charge is 0.381 e. The number of amides is 2. The molecule has 2 amide bonds. The van der Waals surface area contributed by atoms with Crippen LogP contribution in [0.2, 0.25) is 0 Å². The van der Waals surface area contributed by atoms with Crippen molar-refractivity contribution < 1.29 is 14.7 Å². The first kappa shape index (κ1) is 14.9. The lowest BCUT2D eigenvalue weighted by atomic mass is 10.1. The molecule has 0 aliphatic rings. The average Bonchev–Trinajstić information content (AvgIpc) is 2.16. The minimum atomic E-state index is -1.43. The molecular formula is C11H22N2O3. The van der Waals surface area contributed by atoms with Crippen molar-refractivity contribution in [2.45, 2.75) is 33.3 Å². The van der Waals surface area contributed by atoms with Crippen LogP contribution in [0.15, 0.2) is 0 Å². The van der Waals surface area contributed by atoms with Crippen molar-refractivity contribution in [2.75, 3.05) is 26.7 Å². The lowest BCUT2D eigenvalue weighted by Gasteiger charge is -2.27. The predicted octanol–water partition coefficient (Wildman–Crippen LogP) is 0.0841. The predicted molar refractivity (Wildman–Crippen MR) is 61.9 cm³/mol. The molecule has 0 aromatic heterocycles. The summed E-state index contributed by atoms with van der Waals surface area (Å²) in [7, 11) is 1.52. The third kappa shape index (κ3) is 4.18. The van der Waals surface area contributed by atoms with Crippen LogP contribution in [0.25, 0.3) is 0 Å². The highest BCUT2D eigenvalue weighted by Crippen LogP contribution is 2.06. The summed E-state index contributed by atoms with van der Waals surface area (Å²) in [6.45, 7) is 7.85. The fraction of sp³-hybridized carbons (Fsp3) is 0.818. The average molecular weight is 230 g/mol. The summed E-state index contributed by atoms with van der Waals surface area (Å²) < 4.78 is 0. The molecule has 0 spiro atoms. The Morgan fingerprint density at radius 3 is 1.94 bits per heavy atom. The summed E-state index contributed by atoms with van der Waals surface area (Å²) in [6, 6.07) is 0. The topological polar surface area (TPSA) is 60.9 Å². The second kappa shape index (κ2) is 5.84. The van der Waals surface area contributed by atoms with Crippen molar-refractivity contribution in [3.8, 4) is 0 Å². The van der Waals surface area contributed by atoms with Crippen LogP contribution in [0.4, 0.5) is 0 Å². The molecule has 94 valence electrons. The smallest absolute Gasteiger partial charge is 0.254 e. The van der Waals surface area contributed by atoms with E-state index in [9.17, 15) is 14.7 Å². The highest BCUT2D eigenvalue weighted by Gasteiger charge is 2.28. The van der Waals surface area contributed by atoms with Gasteiger partial charge in [0.05, 0.1) is 6.54 Å². The zero-order chi connectivity index (χ0) is 12.9. The van der Waals surface area contributed by atoms with Crippen LogP contribution in [-0.2, 0) is 9.59 Å². The molecule has 0 atom stereocenters. The number of aliphatic hydroxyl groups is 1. The number of hydrogen-bond acceptors (Lipinski definition) is 3. The summed E-state index contributed by atoms with van der Waals surface area (Å²) in [6.07, 6.45) is 0. The van der Waals surface area contributed by atoms with Gasteiger partial charge in [-0.15, -0.1) is 0 Å². The normalized spacial score (nSPS) is 11.1. The zero-order valence-corrected chi connectivity index (χ0v) is 10.8. The van der Waals surface area contributed by atoms with Gasteiger partial charge in [0.1, 0.15) is 5.60 Å². The fourth-order valence-corrected chi connectivity index (χ4v) is 1.42. The van der Waals surface area contributed by atoms with Gasteiger partial charge in [-0.3, -0.25) is 9.59 Å². The van der Waals surface area contributed by atoms with Crippen LogP contribution < -0.4 is 0 Å². The highest BCUT2D eigenvalue weighted by molar-refractivity contribution is 5.88. The van der Waals surface area contributed by atoms with Gasteiger partial charge in [-0.1, -0.05) is 0 Å². The second-order valence-corrected chi connectivity index (χ2v) is 4.29. The zero-order valence-electron chi connectivity index (χ0n) is 10.8. The van der Waals surface area contributed by atoms with E-state index in [0.29, 0.717) is 13.1 Å². The molecule has 0 saturated heterocycles. The molecular weight excluding hydrogens is 208 g/mol. The molecule has 0 radical (unpaired) electrons. The van der Waals surface area contributed by atoms with Crippen molar-refractivity contribution in [3.05, 3.63) is 0 Å². The summed E-state index contributed by atoms with van der Waals surface area (Å²) >= 11 is 0. The van der Waals surface area contributed by atoms with Crippen LogP contribution in [0.3, 0.4) is 0 Å². The number of likely N-dealkylation sites (N-methyl/N-ethyl adjacent to an activating group) is 2. The molecule has 0 aromatic rings. The summed E-state index contributed by atoms with van der Waals surface area (Å²) in [5.74, 6) is -0.557. The van der Waals surface area contributed by atoms with Gasteiger partial charge >= 0.3 is 0 Å². The van der Waals surface area contributed by atoms with Crippen LogP contribution in [0, 0.1) is 0 Å². The van der Waals surface area contributed by atoms with E-state index in [4.69, 9.17) is 0 Å². The molecule has 0 saturated carbocycles. The highest BCUT2D eigenvalue weighted by atomic mass is 16.3. The minimum absolute atomic E-state index is 0.00447. The maximum atomic E-state index is 11.7. The van der Waals surface area contributed by atoms with Crippen molar-refractivity contribution in [1.29, 1.82) is 0 Å². The quantitative estimate of drug-likeness (QED) is 0.728. The molecule has 0 unspecified atom stereocenters. The maximum Gasteiger partial charge on any atom is 0.254 e. The first-order chi connectivity index (χ1) is 7.23. The van der Waals surface area contributed by atoms with Crippen molar-refractivity contribution >= 4 is 11.8 Å². The Bertz CT molecular complexity index is 254. The Balaban J connectivity index is 4.40. The van der Waals surface area contributed by atoms with Crippen LogP contribution in [0.1, 0.15) is 27.7 Å². The Kier molecular flexibility index (Phi) is 5.44. The molecule has 0 heterocycles. The van der Waals surface area contributed by atoms with Gasteiger partial charge in [0.15, 0.2) is 0 Å².